The second-order valence-electron chi connectivity index (χ2n) is 7.41. The van der Waals surface area contributed by atoms with E-state index in [1.54, 1.807) is 11.3 Å². The van der Waals surface area contributed by atoms with E-state index in [0.717, 1.165) is 37.0 Å². The molecule has 1 aromatic rings. The molecular formula is C18H28N2O2S. The highest BCUT2D eigenvalue weighted by Gasteiger charge is 2.54. The van der Waals surface area contributed by atoms with Gasteiger partial charge in [0.15, 0.2) is 0 Å². The zero-order chi connectivity index (χ0) is 16.6. The van der Waals surface area contributed by atoms with Crippen molar-refractivity contribution in [3.05, 3.63) is 21.9 Å². The van der Waals surface area contributed by atoms with E-state index in [0.29, 0.717) is 13.0 Å². The maximum absolute atomic E-state index is 13.0. The number of aliphatic hydroxyl groups is 1. The van der Waals surface area contributed by atoms with Gasteiger partial charge in [0.1, 0.15) is 0 Å². The lowest BCUT2D eigenvalue weighted by Crippen LogP contribution is -2.48. The third-order valence-electron chi connectivity index (χ3n) is 5.81. The number of likely N-dealkylation sites (tertiary alicyclic amines) is 1. The molecule has 1 amide bonds. The van der Waals surface area contributed by atoms with E-state index in [2.05, 4.69) is 19.9 Å². The molecule has 4 atom stereocenters. The maximum atomic E-state index is 13.0. The summed E-state index contributed by atoms with van der Waals surface area (Å²) in [5.74, 6) is 0.171. The van der Waals surface area contributed by atoms with Crippen molar-refractivity contribution < 1.29 is 9.90 Å². The molecule has 1 aromatic heterocycles. The quantitative estimate of drug-likeness (QED) is 0.891. The van der Waals surface area contributed by atoms with Crippen LogP contribution >= 0.6 is 11.3 Å². The van der Waals surface area contributed by atoms with Gasteiger partial charge in [-0.25, -0.2) is 0 Å². The smallest absolute Gasteiger partial charge is 0.228 e. The van der Waals surface area contributed by atoms with Crippen LogP contribution in [0, 0.1) is 12.3 Å². The van der Waals surface area contributed by atoms with Gasteiger partial charge in [-0.15, -0.1) is 11.3 Å². The van der Waals surface area contributed by atoms with Gasteiger partial charge in [-0.1, -0.05) is 19.8 Å². The molecular weight excluding hydrogens is 308 g/mol. The summed E-state index contributed by atoms with van der Waals surface area (Å²) in [6.07, 6.45) is 4.91. The minimum atomic E-state index is -0.328. The van der Waals surface area contributed by atoms with Crippen LogP contribution in [0.25, 0.3) is 0 Å². The molecule has 0 aromatic carbocycles. The van der Waals surface area contributed by atoms with E-state index >= 15 is 0 Å². The Kier molecular flexibility index (Phi) is 4.81. The van der Waals surface area contributed by atoms with Crippen molar-refractivity contribution in [1.29, 1.82) is 0 Å². The summed E-state index contributed by atoms with van der Waals surface area (Å²) in [5, 5.41) is 10.6. The van der Waals surface area contributed by atoms with Crippen LogP contribution in [0.5, 0.6) is 0 Å². The Bertz CT molecular complexity index is 573. The number of aliphatic hydroxyl groups excluding tert-OH is 1. The van der Waals surface area contributed by atoms with Crippen molar-refractivity contribution in [3.63, 3.8) is 0 Å². The number of fused-ring (bicyclic) bond motifs is 1. The van der Waals surface area contributed by atoms with Gasteiger partial charge in [0.25, 0.3) is 0 Å². The third kappa shape index (κ3) is 3.06. The van der Waals surface area contributed by atoms with Gasteiger partial charge in [0.2, 0.25) is 5.91 Å². The second kappa shape index (κ2) is 6.54. The minimum absolute atomic E-state index is 0.0614. The van der Waals surface area contributed by atoms with E-state index in [9.17, 15) is 9.90 Å². The van der Waals surface area contributed by atoms with Crippen LogP contribution in [0.1, 0.15) is 48.8 Å². The van der Waals surface area contributed by atoms with Gasteiger partial charge in [0, 0.05) is 33.8 Å². The lowest BCUT2D eigenvalue weighted by atomic mass is 9.75. The summed E-state index contributed by atoms with van der Waals surface area (Å²) in [6.45, 7) is 4.70. The zero-order valence-corrected chi connectivity index (χ0v) is 14.9. The highest BCUT2D eigenvalue weighted by atomic mass is 32.1. The highest BCUT2D eigenvalue weighted by molar-refractivity contribution is 7.12. The normalized spacial score (nSPS) is 34.3. The van der Waals surface area contributed by atoms with E-state index in [1.165, 1.54) is 4.88 Å². The monoisotopic (exact) mass is 336 g/mol. The number of carbonyl (C=O) groups is 1. The fourth-order valence-corrected chi connectivity index (χ4v) is 5.42. The van der Waals surface area contributed by atoms with Gasteiger partial charge in [-0.2, -0.15) is 0 Å². The van der Waals surface area contributed by atoms with E-state index in [1.807, 2.05) is 11.0 Å². The summed E-state index contributed by atoms with van der Waals surface area (Å²) < 4.78 is 0. The zero-order valence-electron chi connectivity index (χ0n) is 14.1. The summed E-state index contributed by atoms with van der Waals surface area (Å²) in [7, 11) is 0. The number of nitrogens with two attached hydrogens (primary N) is 1. The van der Waals surface area contributed by atoms with Crippen LogP contribution in [0.2, 0.25) is 0 Å². The van der Waals surface area contributed by atoms with Crippen molar-refractivity contribution in [2.75, 3.05) is 6.54 Å². The third-order valence-corrected chi connectivity index (χ3v) is 6.81. The maximum Gasteiger partial charge on any atom is 0.228 e. The van der Waals surface area contributed by atoms with E-state index in [4.69, 9.17) is 5.73 Å². The van der Waals surface area contributed by atoms with Gasteiger partial charge in [-0.3, -0.25) is 4.79 Å². The molecule has 1 aliphatic heterocycles. The Morgan fingerprint density at radius 1 is 1.43 bits per heavy atom. The number of rotatable bonds is 3. The van der Waals surface area contributed by atoms with Crippen molar-refractivity contribution in [2.24, 2.45) is 11.1 Å². The number of thiophene rings is 1. The molecule has 1 saturated carbocycles. The lowest BCUT2D eigenvalue weighted by molar-refractivity contribution is -0.134. The molecule has 0 unspecified atom stereocenters. The number of hydrogen-bond donors (Lipinski definition) is 2. The molecule has 4 nitrogen and oxygen atoms in total. The number of nitrogens with zero attached hydrogens (tertiary/aromatic N) is 1. The van der Waals surface area contributed by atoms with Crippen LogP contribution < -0.4 is 5.73 Å². The molecule has 0 spiro atoms. The Hall–Kier alpha value is -0.910. The van der Waals surface area contributed by atoms with E-state index < -0.39 is 0 Å². The van der Waals surface area contributed by atoms with Crippen LogP contribution in [-0.4, -0.2) is 40.6 Å². The van der Waals surface area contributed by atoms with Crippen LogP contribution in [-0.2, 0) is 11.2 Å². The molecule has 3 rings (SSSR count). The van der Waals surface area contributed by atoms with Gasteiger partial charge in [0.05, 0.1) is 12.5 Å². The first-order chi connectivity index (χ1) is 11.0. The Morgan fingerprint density at radius 3 is 2.83 bits per heavy atom. The van der Waals surface area contributed by atoms with Crippen molar-refractivity contribution in [3.8, 4) is 0 Å². The van der Waals surface area contributed by atoms with E-state index in [-0.39, 0.29) is 29.5 Å². The first-order valence-electron chi connectivity index (χ1n) is 8.70. The summed E-state index contributed by atoms with van der Waals surface area (Å²) in [4.78, 5) is 17.4. The fraction of sp³-hybridized carbons (Fsp3) is 0.722. The molecule has 5 heteroatoms. The highest BCUT2D eigenvalue weighted by Crippen LogP contribution is 2.48. The van der Waals surface area contributed by atoms with Crippen LogP contribution in [0.15, 0.2) is 12.1 Å². The molecule has 1 saturated heterocycles. The molecule has 3 N–H and O–H groups in total. The lowest BCUT2D eigenvalue weighted by Gasteiger charge is -2.37. The minimum Gasteiger partial charge on any atom is -0.392 e. The Balaban J connectivity index is 1.84. The first kappa shape index (κ1) is 16.9. The fourth-order valence-electron chi connectivity index (χ4n) is 4.54. The van der Waals surface area contributed by atoms with Crippen molar-refractivity contribution in [2.45, 2.75) is 70.6 Å². The molecule has 2 heterocycles. The molecule has 1 aliphatic carbocycles. The van der Waals surface area contributed by atoms with Crippen LogP contribution in [0.4, 0.5) is 0 Å². The molecule has 128 valence electrons. The summed E-state index contributed by atoms with van der Waals surface area (Å²) >= 11 is 1.69. The van der Waals surface area contributed by atoms with Gasteiger partial charge in [-0.05, 0) is 38.3 Å². The summed E-state index contributed by atoms with van der Waals surface area (Å²) in [6, 6.07) is 4.30. The second-order valence-corrected chi connectivity index (χ2v) is 8.78. The number of amides is 1. The molecule has 2 aliphatic rings. The van der Waals surface area contributed by atoms with Crippen molar-refractivity contribution in [1.82, 2.24) is 4.90 Å². The number of carbonyl (C=O) groups excluding carboxylic acids is 1. The topological polar surface area (TPSA) is 66.6 Å². The van der Waals surface area contributed by atoms with Crippen molar-refractivity contribution >= 4 is 17.2 Å². The van der Waals surface area contributed by atoms with Gasteiger partial charge < -0.3 is 15.7 Å². The van der Waals surface area contributed by atoms with Gasteiger partial charge >= 0.3 is 0 Å². The molecule has 23 heavy (non-hydrogen) atoms. The average Bonchev–Trinajstić information content (AvgIpc) is 3.01. The molecule has 2 fully saturated rings. The first-order valence-corrected chi connectivity index (χ1v) is 9.52. The number of aryl methyl sites for hydroxylation is 1. The molecule has 0 radical (unpaired) electrons. The standard InChI is InChI=1S/C18H28N2O2S/c1-12-7-8-14(23-12)9-17(22)20-13(11-19)10-18(2)15(20)5-3-4-6-16(18)21/h7-8,13,15-16,21H,3-6,9-11,19H2,1-2H3/t13-,15-,16-,18-/m1/s1. The largest absolute Gasteiger partial charge is 0.392 e. The molecule has 0 bridgehead atoms. The Morgan fingerprint density at radius 2 is 2.17 bits per heavy atom. The Labute approximate surface area is 142 Å². The predicted molar refractivity (Wildman–Crippen MR) is 93.4 cm³/mol. The summed E-state index contributed by atoms with van der Waals surface area (Å²) in [5.41, 5.74) is 5.78. The predicted octanol–water partition coefficient (Wildman–Crippen LogP) is 2.47. The van der Waals surface area contributed by atoms with Crippen LogP contribution in [0.3, 0.4) is 0 Å². The number of hydrogen-bond acceptors (Lipinski definition) is 4. The average molecular weight is 337 g/mol. The SMILES string of the molecule is Cc1ccc(CC(=O)N2[C@@H](CN)C[C@@]3(C)[C@H](O)CCCC[C@@H]23)s1.